The van der Waals surface area contributed by atoms with Crippen molar-refractivity contribution in [2.24, 2.45) is 0 Å². The molecule has 17 aromatic rings. The summed E-state index contributed by atoms with van der Waals surface area (Å²) in [4.78, 5) is 10.8. The van der Waals surface area contributed by atoms with Crippen molar-refractivity contribution in [3.63, 3.8) is 0 Å². The van der Waals surface area contributed by atoms with Gasteiger partial charge in [0.25, 0.3) is 0 Å². The van der Waals surface area contributed by atoms with Crippen LogP contribution in [-0.4, -0.2) is 28.2 Å². The molecule has 0 aliphatic carbocycles. The van der Waals surface area contributed by atoms with Gasteiger partial charge in [0.15, 0.2) is 5.82 Å². The fourth-order valence-electron chi connectivity index (χ4n) is 13.2. The predicted octanol–water partition coefficient (Wildman–Crippen LogP) is 19.5. The lowest BCUT2D eigenvalue weighted by Crippen LogP contribution is -2.03. The highest BCUT2D eigenvalue weighted by molar-refractivity contribution is 6.15. The summed E-state index contributed by atoms with van der Waals surface area (Å²) in [5, 5.41) is 9.62. The number of benzene rings is 12. The molecule has 0 radical (unpaired) electrons. The Kier molecular flexibility index (Phi) is 10.2. The zero-order chi connectivity index (χ0) is 53.8. The summed E-state index contributed by atoms with van der Waals surface area (Å²) in [5.41, 5.74) is 20.3. The second-order valence-corrected chi connectivity index (χ2v) is 21.3. The monoisotopic (exact) mass is 1040 g/mol. The highest BCUT2D eigenvalue weighted by atomic mass is 15.0. The Morgan fingerprint density at radius 3 is 0.988 bits per heavy atom. The number of para-hydroxylation sites is 7. The molecule has 0 aliphatic heterocycles. The van der Waals surface area contributed by atoms with Gasteiger partial charge in [-0.05, 0) is 91.0 Å². The molecule has 5 heterocycles. The molecular weight excluding hydrogens is 997 g/mol. The van der Waals surface area contributed by atoms with Crippen LogP contribution in [0.4, 0.5) is 0 Å². The highest BCUT2D eigenvalue weighted by Crippen LogP contribution is 2.45. The number of fused-ring (bicyclic) bond motifs is 12. The first-order valence-electron chi connectivity index (χ1n) is 28.0. The van der Waals surface area contributed by atoms with Gasteiger partial charge in [-0.1, -0.05) is 200 Å². The fraction of sp³-hybridized carbons (Fsp3) is 0. The van der Waals surface area contributed by atoms with Gasteiger partial charge in [0.1, 0.15) is 0 Å². The van der Waals surface area contributed by atoms with Crippen LogP contribution in [0.5, 0.6) is 0 Å². The number of hydrogen-bond acceptors (Lipinski definition) is 2. The Morgan fingerprint density at radius 2 is 0.549 bits per heavy atom. The Morgan fingerprint density at radius 1 is 0.207 bits per heavy atom. The van der Waals surface area contributed by atoms with Gasteiger partial charge in [-0.2, -0.15) is 0 Å². The Labute approximate surface area is 471 Å². The molecule has 0 saturated carbocycles. The van der Waals surface area contributed by atoms with Gasteiger partial charge >= 0.3 is 0 Å². The van der Waals surface area contributed by atoms with Crippen LogP contribution in [0, 0.1) is 0 Å². The molecule has 12 aromatic carbocycles. The summed E-state index contributed by atoms with van der Waals surface area (Å²) in [7, 11) is 0. The smallest absolute Gasteiger partial charge is 0.160 e. The summed E-state index contributed by atoms with van der Waals surface area (Å²) >= 11 is 0. The first-order valence-corrected chi connectivity index (χ1v) is 28.0. The standard InChI is InChI=1S/C76H48N6/c1-3-21-49(22-4-1)64-48-65(50-23-5-2-6-24-50)78-76(77-64)51-39-42-61(60-31-13-20-38-72(60)81-70-36-18-11-29-58(70)59-30-12-19-37-71(59)81)75(45-51)82-73-43-40-52(79-66-32-14-7-25-54(66)55-26-8-15-33-67(55)79)46-62(73)63-47-53(41-44-74(63)82)80-68-34-16-9-27-56(68)57-28-10-17-35-69(57)80/h1-48H. The Hall–Kier alpha value is -11.1. The molecular formula is C76H48N6. The van der Waals surface area contributed by atoms with Crippen molar-refractivity contribution in [1.29, 1.82) is 0 Å². The van der Waals surface area contributed by atoms with Crippen LogP contribution < -0.4 is 0 Å². The van der Waals surface area contributed by atoms with Gasteiger partial charge in [0.2, 0.25) is 0 Å². The molecule has 17 rings (SSSR count). The summed E-state index contributed by atoms with van der Waals surface area (Å²) in [5.74, 6) is 0.645. The molecule has 6 nitrogen and oxygen atoms in total. The largest absolute Gasteiger partial charge is 0.309 e. The number of nitrogens with zero attached hydrogens (tertiary/aromatic N) is 6. The maximum absolute atomic E-state index is 5.42. The molecule has 6 heteroatoms. The summed E-state index contributed by atoms with van der Waals surface area (Å²) in [6.07, 6.45) is 0. The van der Waals surface area contributed by atoms with Gasteiger partial charge in [0.05, 0.1) is 66.9 Å². The van der Waals surface area contributed by atoms with E-state index in [0.717, 1.165) is 94.8 Å². The molecule has 0 atom stereocenters. The summed E-state index contributed by atoms with van der Waals surface area (Å²) in [6, 6.07) is 105. The predicted molar refractivity (Wildman–Crippen MR) is 341 cm³/mol. The van der Waals surface area contributed by atoms with Crippen LogP contribution in [-0.2, 0) is 0 Å². The lowest BCUT2D eigenvalue weighted by molar-refractivity contribution is 1.14. The lowest BCUT2D eigenvalue weighted by Gasteiger charge is -2.20. The van der Waals surface area contributed by atoms with E-state index in [1.54, 1.807) is 0 Å². The van der Waals surface area contributed by atoms with Crippen LogP contribution in [0.25, 0.3) is 155 Å². The van der Waals surface area contributed by atoms with E-state index in [1.807, 2.05) is 0 Å². The van der Waals surface area contributed by atoms with Crippen LogP contribution in [0.3, 0.4) is 0 Å². The van der Waals surface area contributed by atoms with E-state index in [2.05, 4.69) is 309 Å². The van der Waals surface area contributed by atoms with Crippen LogP contribution in [0.15, 0.2) is 291 Å². The minimum absolute atomic E-state index is 0.645. The van der Waals surface area contributed by atoms with Crippen molar-refractivity contribution in [2.75, 3.05) is 0 Å². The van der Waals surface area contributed by atoms with E-state index >= 15 is 0 Å². The molecule has 0 aliphatic rings. The van der Waals surface area contributed by atoms with Crippen LogP contribution >= 0.6 is 0 Å². The molecule has 382 valence electrons. The average molecular weight is 1050 g/mol. The van der Waals surface area contributed by atoms with E-state index < -0.39 is 0 Å². The molecule has 0 bridgehead atoms. The van der Waals surface area contributed by atoms with Crippen molar-refractivity contribution < 1.29 is 0 Å². The molecule has 82 heavy (non-hydrogen) atoms. The normalized spacial score (nSPS) is 11.9. The molecule has 0 unspecified atom stereocenters. The average Bonchev–Trinajstić information content (AvgIpc) is 4.48. The van der Waals surface area contributed by atoms with Gasteiger partial charge in [-0.15, -0.1) is 0 Å². The highest BCUT2D eigenvalue weighted by Gasteiger charge is 2.24. The third-order valence-electron chi connectivity index (χ3n) is 16.8. The van der Waals surface area contributed by atoms with Crippen LogP contribution in [0.2, 0.25) is 0 Å². The summed E-state index contributed by atoms with van der Waals surface area (Å²) < 4.78 is 9.80. The fourth-order valence-corrected chi connectivity index (χ4v) is 13.2. The summed E-state index contributed by atoms with van der Waals surface area (Å²) in [6.45, 7) is 0. The van der Waals surface area contributed by atoms with E-state index in [0.29, 0.717) is 5.82 Å². The van der Waals surface area contributed by atoms with Crippen molar-refractivity contribution >= 4 is 87.2 Å². The van der Waals surface area contributed by atoms with E-state index in [-0.39, 0.29) is 0 Å². The van der Waals surface area contributed by atoms with Gasteiger partial charge in [-0.25, -0.2) is 9.97 Å². The third-order valence-corrected chi connectivity index (χ3v) is 16.8. The Bertz CT molecular complexity index is 5020. The van der Waals surface area contributed by atoms with Crippen molar-refractivity contribution in [3.05, 3.63) is 291 Å². The first kappa shape index (κ1) is 45.9. The topological polar surface area (TPSA) is 45.5 Å². The van der Waals surface area contributed by atoms with E-state index in [9.17, 15) is 0 Å². The minimum atomic E-state index is 0.645. The molecule has 0 amide bonds. The maximum atomic E-state index is 5.42. The molecule has 0 fully saturated rings. The molecule has 0 spiro atoms. The van der Waals surface area contributed by atoms with Gasteiger partial charge in [0, 0.05) is 82.3 Å². The van der Waals surface area contributed by atoms with Crippen molar-refractivity contribution in [1.82, 2.24) is 28.2 Å². The zero-order valence-corrected chi connectivity index (χ0v) is 44.4. The van der Waals surface area contributed by atoms with Gasteiger partial charge in [-0.3, -0.25) is 0 Å². The SMILES string of the molecule is c1ccc(-c2cc(-c3ccccc3)nc(-c3ccc(-c4ccccc4-n4c5ccccc5c5ccccc54)c(-n4c5ccc(-n6c7ccccc7c7ccccc76)cc5c5cc(-n6c7ccccc7c7ccccc76)ccc54)c3)n2)cc1. The third kappa shape index (κ3) is 7.01. The van der Waals surface area contributed by atoms with Crippen molar-refractivity contribution in [2.45, 2.75) is 0 Å². The minimum Gasteiger partial charge on any atom is -0.309 e. The van der Waals surface area contributed by atoms with E-state index in [4.69, 9.17) is 9.97 Å². The van der Waals surface area contributed by atoms with E-state index in [1.165, 1.54) is 54.4 Å². The molecule has 0 saturated heterocycles. The lowest BCUT2D eigenvalue weighted by atomic mass is 9.98. The number of hydrogen-bond donors (Lipinski definition) is 0. The number of aromatic nitrogens is 6. The van der Waals surface area contributed by atoms with Crippen molar-refractivity contribution in [3.8, 4) is 67.8 Å². The second-order valence-electron chi connectivity index (χ2n) is 21.3. The number of rotatable bonds is 8. The second kappa shape index (κ2) is 18.2. The van der Waals surface area contributed by atoms with Gasteiger partial charge < -0.3 is 18.3 Å². The Balaban J connectivity index is 0.983. The molecule has 5 aromatic heterocycles. The zero-order valence-electron chi connectivity index (χ0n) is 44.4. The maximum Gasteiger partial charge on any atom is 0.160 e. The van der Waals surface area contributed by atoms with Crippen LogP contribution in [0.1, 0.15) is 0 Å². The quantitative estimate of drug-likeness (QED) is 0.152. The first-order chi connectivity index (χ1) is 40.7. The molecule has 0 N–H and O–H groups in total.